The summed E-state index contributed by atoms with van der Waals surface area (Å²) in [5, 5.41) is 8.96. The van der Waals surface area contributed by atoms with E-state index < -0.39 is 0 Å². The summed E-state index contributed by atoms with van der Waals surface area (Å²) in [6.07, 6.45) is 1.62. The highest BCUT2D eigenvalue weighted by Gasteiger charge is 2.13. The molecule has 0 aliphatic heterocycles. The molecule has 2 heterocycles. The van der Waals surface area contributed by atoms with Gasteiger partial charge in [-0.25, -0.2) is 0 Å². The van der Waals surface area contributed by atoms with Gasteiger partial charge in [-0.3, -0.25) is 0 Å². The van der Waals surface area contributed by atoms with Gasteiger partial charge in [0, 0.05) is 5.25 Å². The summed E-state index contributed by atoms with van der Waals surface area (Å²) in [5.74, 6) is 1.31. The largest absolute Gasteiger partial charge is 0.469 e. The molecular weight excluding hydrogens is 212 g/mol. The molecule has 5 heteroatoms. The van der Waals surface area contributed by atoms with Gasteiger partial charge in [-0.2, -0.15) is 0 Å². The van der Waals surface area contributed by atoms with Gasteiger partial charge in [0.2, 0.25) is 0 Å². The molecule has 0 N–H and O–H groups in total. The van der Waals surface area contributed by atoms with Crippen molar-refractivity contribution in [1.29, 1.82) is 0 Å². The molecule has 0 radical (unpaired) electrons. The molecule has 2 aromatic rings. The first-order valence-electron chi connectivity index (χ1n) is 4.71. The Morgan fingerprint density at radius 3 is 2.73 bits per heavy atom. The van der Waals surface area contributed by atoms with E-state index in [0.29, 0.717) is 16.4 Å². The molecular formula is C10H12N2O2S. The second-order valence-electron chi connectivity index (χ2n) is 3.43. The second kappa shape index (κ2) is 4.10. The van der Waals surface area contributed by atoms with E-state index >= 15 is 0 Å². The average molecular weight is 224 g/mol. The maximum Gasteiger partial charge on any atom is 0.277 e. The van der Waals surface area contributed by atoms with Crippen LogP contribution < -0.4 is 0 Å². The minimum Gasteiger partial charge on any atom is -0.469 e. The number of aryl methyl sites for hydroxylation is 1. The second-order valence-corrected chi connectivity index (χ2v) is 4.96. The van der Waals surface area contributed by atoms with Gasteiger partial charge in [0.05, 0.1) is 11.8 Å². The maximum atomic E-state index is 5.50. The standard InChI is InChI=1S/C10H12N2O2S/c1-6(2)15-10-12-11-9(14-10)8-4-5-13-7(8)3/h4-6H,1-3H3. The number of rotatable bonds is 3. The topological polar surface area (TPSA) is 52.1 Å². The number of thioether (sulfide) groups is 1. The molecule has 0 unspecified atom stereocenters. The molecule has 0 bridgehead atoms. The van der Waals surface area contributed by atoms with E-state index in [1.165, 1.54) is 0 Å². The molecule has 0 saturated carbocycles. The first kappa shape index (κ1) is 10.3. The maximum absolute atomic E-state index is 5.50. The van der Waals surface area contributed by atoms with Crippen molar-refractivity contribution in [3.63, 3.8) is 0 Å². The fraction of sp³-hybridized carbons (Fsp3) is 0.400. The first-order chi connectivity index (χ1) is 7.16. The van der Waals surface area contributed by atoms with Gasteiger partial charge in [-0.05, 0) is 13.0 Å². The van der Waals surface area contributed by atoms with E-state index in [1.54, 1.807) is 18.0 Å². The Morgan fingerprint density at radius 1 is 1.33 bits per heavy atom. The van der Waals surface area contributed by atoms with Crippen LogP contribution in [0, 0.1) is 6.92 Å². The number of nitrogens with zero attached hydrogens (tertiary/aromatic N) is 2. The SMILES string of the molecule is Cc1occc1-c1nnc(SC(C)C)o1. The molecule has 0 atom stereocenters. The third-order valence-corrected chi connectivity index (χ3v) is 2.67. The fourth-order valence-corrected chi connectivity index (χ4v) is 1.79. The van der Waals surface area contributed by atoms with E-state index in [0.717, 1.165) is 11.3 Å². The Hall–Kier alpha value is -1.23. The summed E-state index contributed by atoms with van der Waals surface area (Å²) < 4.78 is 10.7. The highest BCUT2D eigenvalue weighted by atomic mass is 32.2. The van der Waals surface area contributed by atoms with Crippen molar-refractivity contribution in [2.24, 2.45) is 0 Å². The molecule has 2 rings (SSSR count). The van der Waals surface area contributed by atoms with Gasteiger partial charge in [0.15, 0.2) is 0 Å². The molecule has 0 spiro atoms. The van der Waals surface area contributed by atoms with Crippen LogP contribution in [-0.2, 0) is 0 Å². The van der Waals surface area contributed by atoms with Crippen LogP contribution in [0.1, 0.15) is 19.6 Å². The number of hydrogen-bond acceptors (Lipinski definition) is 5. The quantitative estimate of drug-likeness (QED) is 0.749. The lowest BCUT2D eigenvalue weighted by Gasteiger charge is -1.96. The van der Waals surface area contributed by atoms with Crippen LogP contribution >= 0.6 is 11.8 Å². The van der Waals surface area contributed by atoms with Gasteiger partial charge in [-0.15, -0.1) is 10.2 Å². The van der Waals surface area contributed by atoms with Crippen molar-refractivity contribution in [2.45, 2.75) is 31.2 Å². The minimum absolute atomic E-state index is 0.434. The molecule has 2 aromatic heterocycles. The Morgan fingerprint density at radius 2 is 2.13 bits per heavy atom. The summed E-state index contributed by atoms with van der Waals surface area (Å²) >= 11 is 1.55. The van der Waals surface area contributed by atoms with Crippen LogP contribution in [0.15, 0.2) is 26.4 Å². The Balaban J connectivity index is 2.24. The summed E-state index contributed by atoms with van der Waals surface area (Å²) in [6, 6.07) is 1.83. The van der Waals surface area contributed by atoms with E-state index in [2.05, 4.69) is 24.0 Å². The lowest BCUT2D eigenvalue weighted by atomic mass is 10.3. The number of furan rings is 1. The van der Waals surface area contributed by atoms with Crippen LogP contribution in [0.25, 0.3) is 11.5 Å². The zero-order valence-electron chi connectivity index (χ0n) is 8.85. The molecule has 0 aromatic carbocycles. The van der Waals surface area contributed by atoms with Crippen molar-refractivity contribution in [3.8, 4) is 11.5 Å². The van der Waals surface area contributed by atoms with E-state index in [9.17, 15) is 0 Å². The predicted molar refractivity (Wildman–Crippen MR) is 57.7 cm³/mol. The zero-order valence-corrected chi connectivity index (χ0v) is 9.67. The average Bonchev–Trinajstić information content (AvgIpc) is 2.72. The summed E-state index contributed by atoms with van der Waals surface area (Å²) in [4.78, 5) is 0. The molecule has 15 heavy (non-hydrogen) atoms. The normalized spacial score (nSPS) is 11.2. The van der Waals surface area contributed by atoms with Gasteiger partial charge < -0.3 is 8.83 Å². The molecule has 80 valence electrons. The Kier molecular flexibility index (Phi) is 2.81. The highest BCUT2D eigenvalue weighted by Crippen LogP contribution is 2.27. The molecule has 0 aliphatic rings. The third kappa shape index (κ3) is 2.23. The van der Waals surface area contributed by atoms with Crippen molar-refractivity contribution in [3.05, 3.63) is 18.1 Å². The molecule has 0 amide bonds. The first-order valence-corrected chi connectivity index (χ1v) is 5.59. The zero-order chi connectivity index (χ0) is 10.8. The van der Waals surface area contributed by atoms with E-state index in [1.807, 2.05) is 13.0 Å². The van der Waals surface area contributed by atoms with Gasteiger partial charge in [0.1, 0.15) is 5.76 Å². The molecule has 0 fully saturated rings. The highest BCUT2D eigenvalue weighted by molar-refractivity contribution is 7.99. The lowest BCUT2D eigenvalue weighted by molar-refractivity contribution is 0.463. The third-order valence-electron chi connectivity index (χ3n) is 1.83. The molecule has 0 saturated heterocycles. The predicted octanol–water partition coefficient (Wildman–Crippen LogP) is 3.14. The summed E-state index contributed by atoms with van der Waals surface area (Å²) in [7, 11) is 0. The van der Waals surface area contributed by atoms with Crippen molar-refractivity contribution < 1.29 is 8.83 Å². The monoisotopic (exact) mass is 224 g/mol. The van der Waals surface area contributed by atoms with Crippen LogP contribution in [0.3, 0.4) is 0 Å². The van der Waals surface area contributed by atoms with Crippen molar-refractivity contribution >= 4 is 11.8 Å². The molecule has 0 aliphatic carbocycles. The number of aromatic nitrogens is 2. The minimum atomic E-state index is 0.434. The Labute approximate surface area is 92.1 Å². The Bertz CT molecular complexity index is 448. The lowest BCUT2D eigenvalue weighted by Crippen LogP contribution is -1.84. The fourth-order valence-electron chi connectivity index (χ4n) is 1.17. The summed E-state index contributed by atoms with van der Waals surface area (Å²) in [6.45, 7) is 6.03. The van der Waals surface area contributed by atoms with Crippen LogP contribution in [0.2, 0.25) is 0 Å². The smallest absolute Gasteiger partial charge is 0.277 e. The van der Waals surface area contributed by atoms with Crippen LogP contribution in [0.4, 0.5) is 0 Å². The van der Waals surface area contributed by atoms with E-state index in [-0.39, 0.29) is 0 Å². The van der Waals surface area contributed by atoms with Crippen LogP contribution in [0.5, 0.6) is 0 Å². The van der Waals surface area contributed by atoms with E-state index in [4.69, 9.17) is 8.83 Å². The van der Waals surface area contributed by atoms with Gasteiger partial charge in [0.25, 0.3) is 11.1 Å². The summed E-state index contributed by atoms with van der Waals surface area (Å²) in [5.41, 5.74) is 0.859. The van der Waals surface area contributed by atoms with Crippen LogP contribution in [-0.4, -0.2) is 15.4 Å². The van der Waals surface area contributed by atoms with Crippen molar-refractivity contribution in [2.75, 3.05) is 0 Å². The van der Waals surface area contributed by atoms with Crippen molar-refractivity contribution in [1.82, 2.24) is 10.2 Å². The van der Waals surface area contributed by atoms with Gasteiger partial charge >= 0.3 is 0 Å². The van der Waals surface area contributed by atoms with Gasteiger partial charge in [-0.1, -0.05) is 25.6 Å². The number of hydrogen-bond donors (Lipinski definition) is 0. The molecule has 4 nitrogen and oxygen atoms in total.